The van der Waals surface area contributed by atoms with Crippen LogP contribution in [-0.2, 0) is 17.8 Å². The highest BCUT2D eigenvalue weighted by molar-refractivity contribution is 5.97. The summed E-state index contributed by atoms with van der Waals surface area (Å²) in [5, 5.41) is 3.69. The van der Waals surface area contributed by atoms with Gasteiger partial charge in [0.15, 0.2) is 0 Å². The van der Waals surface area contributed by atoms with Gasteiger partial charge in [-0.15, -0.1) is 0 Å². The van der Waals surface area contributed by atoms with E-state index < -0.39 is 0 Å². The number of carbonyl (C=O) groups excluding carboxylic acids is 1. The van der Waals surface area contributed by atoms with Crippen LogP contribution in [0.25, 0.3) is 10.9 Å². The minimum Gasteiger partial charge on any atom is -0.379 e. The van der Waals surface area contributed by atoms with E-state index in [0.29, 0.717) is 6.54 Å². The fraction of sp³-hybridized carbons (Fsp3) is 0.273. The van der Waals surface area contributed by atoms with Crippen molar-refractivity contribution in [1.29, 1.82) is 0 Å². The molecule has 2 heterocycles. The number of carbonyl (C=O) groups is 1. The molecule has 1 aliphatic rings. The number of hydrogen-bond acceptors (Lipinski definition) is 4. The van der Waals surface area contributed by atoms with Gasteiger partial charge in [0.1, 0.15) is 5.56 Å². The van der Waals surface area contributed by atoms with Crippen molar-refractivity contribution in [2.75, 3.05) is 26.3 Å². The van der Waals surface area contributed by atoms with Gasteiger partial charge in [-0.2, -0.15) is 0 Å². The molecule has 0 saturated carbocycles. The second-order valence-corrected chi connectivity index (χ2v) is 6.99. The number of fused-ring (bicyclic) bond motifs is 1. The van der Waals surface area contributed by atoms with Crippen LogP contribution in [0.2, 0.25) is 0 Å². The number of ether oxygens (including phenoxy) is 1. The van der Waals surface area contributed by atoms with Crippen LogP contribution < -0.4 is 10.9 Å². The predicted octanol–water partition coefficient (Wildman–Crippen LogP) is 2.29. The Bertz CT molecular complexity index is 1040. The lowest BCUT2D eigenvalue weighted by atomic mass is 10.1. The summed E-state index contributed by atoms with van der Waals surface area (Å²) in [6.07, 6.45) is 0. The van der Waals surface area contributed by atoms with Gasteiger partial charge in [0, 0.05) is 31.7 Å². The molecule has 6 heteroatoms. The fourth-order valence-corrected chi connectivity index (χ4v) is 3.45. The van der Waals surface area contributed by atoms with Crippen LogP contribution in [0.15, 0.2) is 59.4 Å². The number of hydrogen-bond donors (Lipinski definition) is 2. The molecule has 0 bridgehead atoms. The highest BCUT2D eigenvalue weighted by Gasteiger charge is 2.13. The molecule has 1 saturated heterocycles. The van der Waals surface area contributed by atoms with Gasteiger partial charge in [-0.05, 0) is 28.6 Å². The maximum Gasteiger partial charge on any atom is 0.261 e. The van der Waals surface area contributed by atoms with Gasteiger partial charge in [0.25, 0.3) is 11.5 Å². The molecule has 1 aromatic heterocycles. The lowest BCUT2D eigenvalue weighted by molar-refractivity contribution is 0.0342. The molecular weight excluding hydrogens is 354 g/mol. The van der Waals surface area contributed by atoms with E-state index in [1.54, 1.807) is 6.07 Å². The molecule has 144 valence electrons. The van der Waals surface area contributed by atoms with E-state index in [9.17, 15) is 9.59 Å². The Labute approximate surface area is 163 Å². The van der Waals surface area contributed by atoms with Gasteiger partial charge >= 0.3 is 0 Å². The zero-order valence-electron chi connectivity index (χ0n) is 15.6. The first kappa shape index (κ1) is 18.4. The third-order valence-electron chi connectivity index (χ3n) is 4.95. The van der Waals surface area contributed by atoms with Crippen molar-refractivity contribution in [3.8, 4) is 0 Å². The first-order chi connectivity index (χ1) is 13.7. The second-order valence-electron chi connectivity index (χ2n) is 6.99. The zero-order chi connectivity index (χ0) is 19.3. The highest BCUT2D eigenvalue weighted by atomic mass is 16.5. The van der Waals surface area contributed by atoms with E-state index in [2.05, 4.69) is 27.3 Å². The Morgan fingerprint density at radius 2 is 1.82 bits per heavy atom. The molecular formula is C22H23N3O3. The van der Waals surface area contributed by atoms with E-state index in [1.807, 2.05) is 36.4 Å². The molecule has 0 aliphatic carbocycles. The second kappa shape index (κ2) is 8.37. The van der Waals surface area contributed by atoms with Crippen LogP contribution >= 0.6 is 0 Å². The SMILES string of the molecule is O=C(NCc1cccc(CN2CCOCC2)c1)c1cc2ccccc2[nH]c1=O. The minimum absolute atomic E-state index is 0.128. The van der Waals surface area contributed by atoms with Crippen molar-refractivity contribution < 1.29 is 9.53 Å². The summed E-state index contributed by atoms with van der Waals surface area (Å²) in [5.41, 5.74) is 2.69. The number of nitrogens with zero attached hydrogens (tertiary/aromatic N) is 1. The maximum atomic E-state index is 12.5. The molecule has 1 aliphatic heterocycles. The zero-order valence-corrected chi connectivity index (χ0v) is 15.6. The van der Waals surface area contributed by atoms with Crippen LogP contribution in [0.5, 0.6) is 0 Å². The maximum absolute atomic E-state index is 12.5. The Morgan fingerprint density at radius 3 is 2.68 bits per heavy atom. The quantitative estimate of drug-likeness (QED) is 0.715. The van der Waals surface area contributed by atoms with Crippen LogP contribution in [0.3, 0.4) is 0 Å². The summed E-state index contributed by atoms with van der Waals surface area (Å²) in [6.45, 7) is 4.67. The Balaban J connectivity index is 1.43. The van der Waals surface area contributed by atoms with Crippen LogP contribution in [0, 0.1) is 0 Å². The summed E-state index contributed by atoms with van der Waals surface area (Å²) in [6, 6.07) is 17.2. The number of H-pyrrole nitrogens is 1. The average molecular weight is 377 g/mol. The number of para-hydroxylation sites is 1. The number of aromatic nitrogens is 1. The van der Waals surface area contributed by atoms with Crippen molar-refractivity contribution in [2.45, 2.75) is 13.1 Å². The molecule has 4 rings (SSSR count). The highest BCUT2D eigenvalue weighted by Crippen LogP contribution is 2.12. The van der Waals surface area contributed by atoms with Gasteiger partial charge in [0.2, 0.25) is 0 Å². The summed E-state index contributed by atoms with van der Waals surface area (Å²) in [5.74, 6) is -0.370. The first-order valence-corrected chi connectivity index (χ1v) is 9.47. The van der Waals surface area contributed by atoms with Crippen LogP contribution in [0.1, 0.15) is 21.5 Å². The Kier molecular flexibility index (Phi) is 5.50. The van der Waals surface area contributed by atoms with Gasteiger partial charge in [0.05, 0.1) is 13.2 Å². The minimum atomic E-state index is -0.378. The molecule has 1 amide bonds. The number of benzene rings is 2. The molecule has 6 nitrogen and oxygen atoms in total. The van der Waals surface area contributed by atoms with Crippen molar-refractivity contribution in [3.05, 3.63) is 81.6 Å². The van der Waals surface area contributed by atoms with E-state index in [4.69, 9.17) is 4.74 Å². The predicted molar refractivity (Wildman–Crippen MR) is 108 cm³/mol. The first-order valence-electron chi connectivity index (χ1n) is 9.47. The van der Waals surface area contributed by atoms with E-state index >= 15 is 0 Å². The van der Waals surface area contributed by atoms with Crippen molar-refractivity contribution >= 4 is 16.8 Å². The number of nitrogens with one attached hydrogen (secondary N) is 2. The van der Waals surface area contributed by atoms with E-state index in [-0.39, 0.29) is 17.0 Å². The van der Waals surface area contributed by atoms with Crippen molar-refractivity contribution in [1.82, 2.24) is 15.2 Å². The Morgan fingerprint density at radius 1 is 1.04 bits per heavy atom. The molecule has 3 aromatic rings. The lowest BCUT2D eigenvalue weighted by Crippen LogP contribution is -2.35. The van der Waals surface area contributed by atoms with Gasteiger partial charge in [-0.3, -0.25) is 14.5 Å². The Hall–Kier alpha value is -2.96. The smallest absolute Gasteiger partial charge is 0.261 e. The van der Waals surface area contributed by atoms with Crippen molar-refractivity contribution in [3.63, 3.8) is 0 Å². The molecule has 2 aromatic carbocycles. The normalized spacial score (nSPS) is 14.9. The number of aromatic amines is 1. The topological polar surface area (TPSA) is 74.4 Å². The van der Waals surface area contributed by atoms with Gasteiger partial charge in [-0.25, -0.2) is 0 Å². The summed E-state index contributed by atoms with van der Waals surface area (Å²) < 4.78 is 5.39. The lowest BCUT2D eigenvalue weighted by Gasteiger charge is -2.26. The van der Waals surface area contributed by atoms with Crippen LogP contribution in [0.4, 0.5) is 0 Å². The van der Waals surface area contributed by atoms with Crippen LogP contribution in [-0.4, -0.2) is 42.1 Å². The third-order valence-corrected chi connectivity index (χ3v) is 4.95. The standard InChI is InChI=1S/C22H23N3O3/c26-21(19-13-18-6-1-2-7-20(18)24-22(19)27)23-14-16-4-3-5-17(12-16)15-25-8-10-28-11-9-25/h1-7,12-13H,8-11,14-15H2,(H,23,26)(H,24,27). The number of pyridine rings is 1. The van der Waals surface area contributed by atoms with Gasteiger partial charge in [-0.1, -0.05) is 42.5 Å². The monoisotopic (exact) mass is 377 g/mol. The number of amides is 1. The largest absolute Gasteiger partial charge is 0.379 e. The molecule has 0 atom stereocenters. The summed E-state index contributed by atoms with van der Waals surface area (Å²) in [7, 11) is 0. The number of rotatable bonds is 5. The van der Waals surface area contributed by atoms with E-state index in [0.717, 1.165) is 49.3 Å². The molecule has 0 radical (unpaired) electrons. The molecule has 28 heavy (non-hydrogen) atoms. The molecule has 2 N–H and O–H groups in total. The average Bonchev–Trinajstić information content (AvgIpc) is 2.72. The molecule has 0 unspecified atom stereocenters. The van der Waals surface area contributed by atoms with Gasteiger partial charge < -0.3 is 15.0 Å². The molecule has 0 spiro atoms. The van der Waals surface area contributed by atoms with E-state index in [1.165, 1.54) is 5.56 Å². The molecule has 1 fully saturated rings. The summed E-state index contributed by atoms with van der Waals surface area (Å²) >= 11 is 0. The number of morpholine rings is 1. The third kappa shape index (κ3) is 4.30. The van der Waals surface area contributed by atoms with Crippen molar-refractivity contribution in [2.24, 2.45) is 0 Å². The summed E-state index contributed by atoms with van der Waals surface area (Å²) in [4.78, 5) is 29.9. The fourth-order valence-electron chi connectivity index (χ4n) is 3.45.